The number of nitrogens with one attached hydrogen (secondary N) is 2. The molecule has 2 aromatic carbocycles. The van der Waals surface area contributed by atoms with Crippen LogP contribution < -0.4 is 15.4 Å². The van der Waals surface area contributed by atoms with Gasteiger partial charge >= 0.3 is 6.03 Å². The van der Waals surface area contributed by atoms with Gasteiger partial charge in [0.2, 0.25) is 0 Å². The summed E-state index contributed by atoms with van der Waals surface area (Å²) in [5.41, 5.74) is 3.55. The Hall–Kier alpha value is -4.24. The average molecular weight is 443 g/mol. The van der Waals surface area contributed by atoms with Crippen molar-refractivity contribution < 1.29 is 9.53 Å². The SMILES string of the molecule is COc1cccc(NC(=O)Nc2cccc(-c3ccc4nnc(-c5cccs5)n4n3)c2)c1. The van der Waals surface area contributed by atoms with Gasteiger partial charge < -0.3 is 15.4 Å². The summed E-state index contributed by atoms with van der Waals surface area (Å²) < 4.78 is 6.92. The van der Waals surface area contributed by atoms with Crippen molar-refractivity contribution in [3.63, 3.8) is 0 Å². The zero-order chi connectivity index (χ0) is 21.9. The van der Waals surface area contributed by atoms with Crippen molar-refractivity contribution in [3.8, 4) is 27.7 Å². The highest BCUT2D eigenvalue weighted by Crippen LogP contribution is 2.26. The molecule has 0 aliphatic carbocycles. The number of aromatic nitrogens is 4. The molecule has 8 nitrogen and oxygen atoms in total. The van der Waals surface area contributed by atoms with Crippen LogP contribution in [0.2, 0.25) is 0 Å². The number of thiophene rings is 1. The third-order valence-corrected chi connectivity index (χ3v) is 5.61. The van der Waals surface area contributed by atoms with E-state index in [2.05, 4.69) is 20.8 Å². The van der Waals surface area contributed by atoms with Crippen molar-refractivity contribution in [3.05, 3.63) is 78.2 Å². The van der Waals surface area contributed by atoms with E-state index in [0.717, 1.165) is 16.1 Å². The molecule has 32 heavy (non-hydrogen) atoms. The lowest BCUT2D eigenvalue weighted by molar-refractivity contribution is 0.262. The lowest BCUT2D eigenvalue weighted by atomic mass is 10.1. The molecule has 3 aromatic heterocycles. The number of carbonyl (C=O) groups is 1. The molecule has 5 aromatic rings. The van der Waals surface area contributed by atoms with Gasteiger partial charge in [-0.15, -0.1) is 21.5 Å². The Bertz CT molecular complexity index is 1400. The van der Waals surface area contributed by atoms with Gasteiger partial charge in [-0.2, -0.15) is 9.61 Å². The van der Waals surface area contributed by atoms with Crippen LogP contribution in [-0.4, -0.2) is 33.0 Å². The molecule has 5 rings (SSSR count). The Morgan fingerprint density at radius 3 is 2.53 bits per heavy atom. The molecule has 0 saturated carbocycles. The minimum Gasteiger partial charge on any atom is -0.497 e. The number of amides is 2. The fourth-order valence-electron chi connectivity index (χ4n) is 3.25. The van der Waals surface area contributed by atoms with Gasteiger partial charge in [0, 0.05) is 23.0 Å². The van der Waals surface area contributed by atoms with Gasteiger partial charge in [-0.05, 0) is 47.8 Å². The molecule has 0 saturated heterocycles. The van der Waals surface area contributed by atoms with E-state index >= 15 is 0 Å². The van der Waals surface area contributed by atoms with Crippen LogP contribution in [0.4, 0.5) is 16.2 Å². The van der Waals surface area contributed by atoms with Gasteiger partial charge in [-0.1, -0.05) is 24.3 Å². The molecule has 158 valence electrons. The number of urea groups is 1. The standard InChI is InChI=1S/C23H18N6O2S/c1-31-18-8-3-7-17(14-18)25-23(30)24-16-6-2-5-15(13-16)19-10-11-21-26-27-22(29(21)28-19)20-9-4-12-32-20/h2-14H,1H3,(H2,24,25,30). The summed E-state index contributed by atoms with van der Waals surface area (Å²) in [5, 5.41) is 20.8. The number of benzene rings is 2. The molecule has 3 heterocycles. The molecule has 0 radical (unpaired) electrons. The number of hydrogen-bond donors (Lipinski definition) is 2. The average Bonchev–Trinajstić information content (AvgIpc) is 3.48. The molecule has 0 spiro atoms. The number of nitrogens with zero attached hydrogens (tertiary/aromatic N) is 4. The molecule has 0 unspecified atom stereocenters. The first-order chi connectivity index (χ1) is 15.7. The number of methoxy groups -OCH3 is 1. The molecule has 0 fully saturated rings. The van der Waals surface area contributed by atoms with Crippen molar-refractivity contribution in [1.29, 1.82) is 0 Å². The maximum atomic E-state index is 12.4. The van der Waals surface area contributed by atoms with Crippen LogP contribution in [0.15, 0.2) is 78.2 Å². The van der Waals surface area contributed by atoms with Crippen LogP contribution in [0.1, 0.15) is 0 Å². The monoisotopic (exact) mass is 442 g/mol. The second-order valence-electron chi connectivity index (χ2n) is 6.88. The lowest BCUT2D eigenvalue weighted by Gasteiger charge is -2.10. The normalized spacial score (nSPS) is 10.8. The number of hydrogen-bond acceptors (Lipinski definition) is 6. The predicted octanol–water partition coefficient (Wildman–Crippen LogP) is 5.17. The van der Waals surface area contributed by atoms with Gasteiger partial charge in [0.15, 0.2) is 11.5 Å². The number of rotatable bonds is 5. The topological polar surface area (TPSA) is 93.4 Å². The van der Waals surface area contributed by atoms with Crippen molar-refractivity contribution in [2.75, 3.05) is 17.7 Å². The van der Waals surface area contributed by atoms with Gasteiger partial charge in [-0.25, -0.2) is 4.79 Å². The largest absolute Gasteiger partial charge is 0.497 e. The van der Waals surface area contributed by atoms with E-state index in [1.54, 1.807) is 35.1 Å². The minimum absolute atomic E-state index is 0.349. The maximum absolute atomic E-state index is 12.4. The number of carbonyl (C=O) groups excluding carboxylic acids is 1. The van der Waals surface area contributed by atoms with E-state index < -0.39 is 0 Å². The Morgan fingerprint density at radius 1 is 0.938 bits per heavy atom. The number of ether oxygens (including phenoxy) is 1. The molecule has 0 atom stereocenters. The Balaban J connectivity index is 1.38. The van der Waals surface area contributed by atoms with Crippen LogP contribution in [0.3, 0.4) is 0 Å². The van der Waals surface area contributed by atoms with E-state index in [9.17, 15) is 4.79 Å². The van der Waals surface area contributed by atoms with Crippen molar-refractivity contribution in [2.24, 2.45) is 0 Å². The zero-order valence-electron chi connectivity index (χ0n) is 17.0. The molecular weight excluding hydrogens is 424 g/mol. The summed E-state index contributed by atoms with van der Waals surface area (Å²) in [4.78, 5) is 13.4. The summed E-state index contributed by atoms with van der Waals surface area (Å²) in [6.45, 7) is 0. The first-order valence-corrected chi connectivity index (χ1v) is 10.7. The Kier molecular flexibility index (Phi) is 5.22. The van der Waals surface area contributed by atoms with Crippen molar-refractivity contribution in [1.82, 2.24) is 19.8 Å². The van der Waals surface area contributed by atoms with Crippen LogP contribution in [-0.2, 0) is 0 Å². The quantitative estimate of drug-likeness (QED) is 0.392. The third kappa shape index (κ3) is 4.01. The molecule has 9 heteroatoms. The summed E-state index contributed by atoms with van der Waals surface area (Å²) in [5.74, 6) is 1.37. The van der Waals surface area contributed by atoms with Gasteiger partial charge in [0.1, 0.15) is 5.75 Å². The first kappa shape index (κ1) is 19.7. The van der Waals surface area contributed by atoms with Crippen LogP contribution in [0, 0.1) is 0 Å². The Morgan fingerprint density at radius 2 is 1.75 bits per heavy atom. The molecule has 0 bridgehead atoms. The fraction of sp³-hybridized carbons (Fsp3) is 0.0435. The maximum Gasteiger partial charge on any atom is 0.323 e. The van der Waals surface area contributed by atoms with E-state index in [-0.39, 0.29) is 6.03 Å². The number of anilines is 2. The molecule has 2 N–H and O–H groups in total. The van der Waals surface area contributed by atoms with E-state index in [0.29, 0.717) is 28.6 Å². The van der Waals surface area contributed by atoms with Gasteiger partial charge in [0.25, 0.3) is 0 Å². The first-order valence-electron chi connectivity index (χ1n) is 9.78. The summed E-state index contributed by atoms with van der Waals surface area (Å²) in [6, 6.07) is 22.0. The van der Waals surface area contributed by atoms with Crippen molar-refractivity contribution >= 4 is 34.4 Å². The molecule has 0 aliphatic rings. The van der Waals surface area contributed by atoms with Gasteiger partial charge in [-0.3, -0.25) is 0 Å². The number of fused-ring (bicyclic) bond motifs is 1. The highest BCUT2D eigenvalue weighted by molar-refractivity contribution is 7.13. The summed E-state index contributed by atoms with van der Waals surface area (Å²) >= 11 is 1.58. The van der Waals surface area contributed by atoms with E-state index in [1.165, 1.54) is 0 Å². The van der Waals surface area contributed by atoms with Crippen LogP contribution in [0.5, 0.6) is 5.75 Å². The zero-order valence-corrected chi connectivity index (χ0v) is 17.8. The summed E-state index contributed by atoms with van der Waals surface area (Å²) in [6.07, 6.45) is 0. The van der Waals surface area contributed by atoms with Gasteiger partial charge in [0.05, 0.1) is 17.7 Å². The fourth-order valence-corrected chi connectivity index (χ4v) is 3.95. The molecule has 0 aliphatic heterocycles. The highest BCUT2D eigenvalue weighted by Gasteiger charge is 2.12. The summed E-state index contributed by atoms with van der Waals surface area (Å²) in [7, 11) is 1.58. The highest BCUT2D eigenvalue weighted by atomic mass is 32.1. The van der Waals surface area contributed by atoms with E-state index in [1.807, 2.05) is 66.0 Å². The Labute approximate surface area is 187 Å². The molecular formula is C23H18N6O2S. The second kappa shape index (κ2) is 8.48. The van der Waals surface area contributed by atoms with E-state index in [4.69, 9.17) is 9.84 Å². The predicted molar refractivity (Wildman–Crippen MR) is 125 cm³/mol. The van der Waals surface area contributed by atoms with Crippen LogP contribution >= 0.6 is 11.3 Å². The second-order valence-corrected chi connectivity index (χ2v) is 7.83. The van der Waals surface area contributed by atoms with Crippen LogP contribution in [0.25, 0.3) is 27.6 Å². The van der Waals surface area contributed by atoms with Crippen molar-refractivity contribution in [2.45, 2.75) is 0 Å². The molecule has 2 amide bonds. The lowest BCUT2D eigenvalue weighted by Crippen LogP contribution is -2.19. The third-order valence-electron chi connectivity index (χ3n) is 4.75. The smallest absolute Gasteiger partial charge is 0.323 e. The minimum atomic E-state index is -0.349.